The molecular weight excluding hydrogens is 399 g/mol. The normalized spacial score (nSPS) is 12.6. The Kier molecular flexibility index (Phi) is 6.09. The summed E-state index contributed by atoms with van der Waals surface area (Å²) in [4.78, 5) is 12.2. The van der Waals surface area contributed by atoms with E-state index in [0.29, 0.717) is 11.3 Å². The number of carbonyl (C=O) groups excluding carboxylic acids is 1. The Labute approximate surface area is 148 Å². The predicted octanol–water partition coefficient (Wildman–Crippen LogP) is 3.21. The molecule has 2 aromatic carbocycles. The summed E-state index contributed by atoms with van der Waals surface area (Å²) in [6.07, 6.45) is 0.890. The molecule has 0 aromatic heterocycles. The van der Waals surface area contributed by atoms with E-state index in [0.717, 1.165) is 10.7 Å². The highest BCUT2D eigenvalue weighted by Crippen LogP contribution is 2.20. The van der Waals surface area contributed by atoms with Crippen molar-refractivity contribution in [2.75, 3.05) is 11.6 Å². The number of hydrogen-bond acceptors (Lipinski definition) is 3. The third-order valence-corrected chi connectivity index (χ3v) is 4.33. The minimum Gasteiger partial charge on any atom is -0.326 e. The van der Waals surface area contributed by atoms with Crippen molar-refractivity contribution in [3.8, 4) is 0 Å². The molecule has 1 amide bonds. The molecule has 1 unspecified atom stereocenters. The number of carbonyl (C=O) groups is 1. The molecule has 0 spiro atoms. The SMILES string of the molecule is CS(=O)(=O)NC(CC(=O)Nc1cccc(Br)c1)c1ccc(F)cc1. The van der Waals surface area contributed by atoms with E-state index in [9.17, 15) is 17.6 Å². The van der Waals surface area contributed by atoms with Crippen molar-refractivity contribution in [3.63, 3.8) is 0 Å². The minimum absolute atomic E-state index is 0.120. The lowest BCUT2D eigenvalue weighted by Gasteiger charge is -2.18. The van der Waals surface area contributed by atoms with Crippen LogP contribution in [0.3, 0.4) is 0 Å². The summed E-state index contributed by atoms with van der Waals surface area (Å²) in [5.41, 5.74) is 1.10. The van der Waals surface area contributed by atoms with Gasteiger partial charge in [-0.3, -0.25) is 4.79 Å². The molecule has 128 valence electrons. The van der Waals surface area contributed by atoms with Gasteiger partial charge < -0.3 is 5.32 Å². The van der Waals surface area contributed by atoms with Crippen molar-refractivity contribution in [2.45, 2.75) is 12.5 Å². The quantitative estimate of drug-likeness (QED) is 0.761. The number of rotatable bonds is 6. The summed E-state index contributed by atoms with van der Waals surface area (Å²) in [5.74, 6) is -0.797. The van der Waals surface area contributed by atoms with E-state index in [-0.39, 0.29) is 12.3 Å². The highest BCUT2D eigenvalue weighted by molar-refractivity contribution is 9.10. The average Bonchev–Trinajstić information content (AvgIpc) is 2.45. The molecule has 24 heavy (non-hydrogen) atoms. The molecule has 0 aliphatic rings. The first kappa shape index (κ1) is 18.6. The van der Waals surface area contributed by atoms with E-state index < -0.39 is 21.9 Å². The van der Waals surface area contributed by atoms with Crippen molar-refractivity contribution >= 4 is 37.5 Å². The van der Waals surface area contributed by atoms with E-state index in [1.165, 1.54) is 24.3 Å². The fourth-order valence-electron chi connectivity index (χ4n) is 2.14. The summed E-state index contributed by atoms with van der Waals surface area (Å²) in [7, 11) is -3.54. The lowest BCUT2D eigenvalue weighted by atomic mass is 10.0. The van der Waals surface area contributed by atoms with Crippen LogP contribution < -0.4 is 10.0 Å². The van der Waals surface area contributed by atoms with Crippen LogP contribution in [0.1, 0.15) is 18.0 Å². The van der Waals surface area contributed by atoms with Gasteiger partial charge in [-0.2, -0.15) is 0 Å². The lowest BCUT2D eigenvalue weighted by Crippen LogP contribution is -2.30. The molecule has 8 heteroatoms. The van der Waals surface area contributed by atoms with Gasteiger partial charge in [-0.1, -0.05) is 34.1 Å². The van der Waals surface area contributed by atoms with Crippen LogP contribution in [-0.4, -0.2) is 20.6 Å². The van der Waals surface area contributed by atoms with Gasteiger partial charge in [-0.05, 0) is 35.9 Å². The van der Waals surface area contributed by atoms with Crippen molar-refractivity contribution in [1.82, 2.24) is 4.72 Å². The van der Waals surface area contributed by atoms with Gasteiger partial charge in [0.25, 0.3) is 0 Å². The largest absolute Gasteiger partial charge is 0.326 e. The fourth-order valence-corrected chi connectivity index (χ4v) is 3.28. The van der Waals surface area contributed by atoms with Crippen LogP contribution in [0.4, 0.5) is 10.1 Å². The van der Waals surface area contributed by atoms with Crippen molar-refractivity contribution in [2.24, 2.45) is 0 Å². The van der Waals surface area contributed by atoms with Crippen molar-refractivity contribution in [3.05, 3.63) is 64.4 Å². The Morgan fingerprint density at radius 1 is 1.21 bits per heavy atom. The van der Waals surface area contributed by atoms with Gasteiger partial charge in [0.2, 0.25) is 15.9 Å². The Morgan fingerprint density at radius 2 is 1.88 bits per heavy atom. The zero-order valence-corrected chi connectivity index (χ0v) is 15.2. The van der Waals surface area contributed by atoms with E-state index in [2.05, 4.69) is 26.0 Å². The maximum Gasteiger partial charge on any atom is 0.226 e. The highest BCUT2D eigenvalue weighted by Gasteiger charge is 2.20. The summed E-state index contributed by atoms with van der Waals surface area (Å²) < 4.78 is 39.3. The van der Waals surface area contributed by atoms with Crippen molar-refractivity contribution in [1.29, 1.82) is 0 Å². The number of anilines is 1. The summed E-state index contributed by atoms with van der Waals surface area (Å²) in [6, 6.07) is 11.6. The first-order chi connectivity index (χ1) is 11.2. The van der Waals surface area contributed by atoms with E-state index >= 15 is 0 Å². The molecule has 0 saturated heterocycles. The second-order valence-corrected chi connectivity index (χ2v) is 7.95. The molecule has 0 fully saturated rings. The van der Waals surface area contributed by atoms with Crippen molar-refractivity contribution < 1.29 is 17.6 Å². The summed E-state index contributed by atoms with van der Waals surface area (Å²) >= 11 is 3.31. The Balaban J connectivity index is 2.15. The van der Waals surface area contributed by atoms with Gasteiger partial charge in [0.15, 0.2) is 0 Å². The smallest absolute Gasteiger partial charge is 0.226 e. The molecule has 2 aromatic rings. The number of nitrogens with one attached hydrogen (secondary N) is 2. The number of benzene rings is 2. The van der Waals surface area contributed by atoms with Crippen LogP contribution in [0.15, 0.2) is 53.0 Å². The number of halogens is 2. The van der Waals surface area contributed by atoms with E-state index in [1.807, 2.05) is 6.07 Å². The highest BCUT2D eigenvalue weighted by atomic mass is 79.9. The third-order valence-electron chi connectivity index (χ3n) is 3.13. The second-order valence-electron chi connectivity index (χ2n) is 5.26. The van der Waals surface area contributed by atoms with Crippen LogP contribution >= 0.6 is 15.9 Å². The predicted molar refractivity (Wildman–Crippen MR) is 94.5 cm³/mol. The molecule has 0 aliphatic carbocycles. The maximum atomic E-state index is 13.1. The molecule has 5 nitrogen and oxygen atoms in total. The Morgan fingerprint density at radius 3 is 2.46 bits per heavy atom. The van der Waals surface area contributed by atoms with Crippen LogP contribution in [0.25, 0.3) is 0 Å². The van der Waals surface area contributed by atoms with Crippen LogP contribution in [0.2, 0.25) is 0 Å². The molecule has 2 N–H and O–H groups in total. The minimum atomic E-state index is -3.54. The first-order valence-corrected chi connectivity index (χ1v) is 9.69. The van der Waals surface area contributed by atoms with Gasteiger partial charge in [0, 0.05) is 16.6 Å². The Hall–Kier alpha value is -1.77. The van der Waals surface area contributed by atoms with Gasteiger partial charge >= 0.3 is 0 Å². The Bertz CT molecular complexity index is 825. The first-order valence-electron chi connectivity index (χ1n) is 7.01. The summed E-state index contributed by atoms with van der Waals surface area (Å²) in [5, 5.41) is 2.70. The number of sulfonamides is 1. The standard InChI is InChI=1S/C16H16BrFN2O3S/c1-24(22,23)20-15(11-5-7-13(18)8-6-11)10-16(21)19-14-4-2-3-12(17)9-14/h2-9,15,20H,10H2,1H3,(H,19,21). The van der Waals surface area contributed by atoms with Gasteiger partial charge in [-0.15, -0.1) is 0 Å². The third kappa shape index (κ3) is 6.03. The fraction of sp³-hybridized carbons (Fsp3) is 0.188. The zero-order chi connectivity index (χ0) is 17.7. The second kappa shape index (κ2) is 7.87. The summed E-state index contributed by atoms with van der Waals surface area (Å²) in [6.45, 7) is 0. The monoisotopic (exact) mass is 414 g/mol. The number of amides is 1. The number of hydrogen-bond donors (Lipinski definition) is 2. The zero-order valence-electron chi connectivity index (χ0n) is 12.8. The van der Waals surface area contributed by atoms with Crippen LogP contribution in [-0.2, 0) is 14.8 Å². The van der Waals surface area contributed by atoms with E-state index in [4.69, 9.17) is 0 Å². The van der Waals surface area contributed by atoms with Gasteiger partial charge in [-0.25, -0.2) is 17.5 Å². The van der Waals surface area contributed by atoms with Gasteiger partial charge in [0.05, 0.1) is 12.3 Å². The topological polar surface area (TPSA) is 75.3 Å². The molecular formula is C16H16BrFN2O3S. The van der Waals surface area contributed by atoms with Crippen LogP contribution in [0.5, 0.6) is 0 Å². The van der Waals surface area contributed by atoms with Crippen LogP contribution in [0, 0.1) is 5.82 Å². The molecule has 0 aliphatic heterocycles. The molecule has 1 atom stereocenters. The molecule has 0 radical (unpaired) electrons. The molecule has 0 saturated carbocycles. The maximum absolute atomic E-state index is 13.1. The average molecular weight is 415 g/mol. The van der Waals surface area contributed by atoms with Gasteiger partial charge in [0.1, 0.15) is 5.82 Å². The lowest BCUT2D eigenvalue weighted by molar-refractivity contribution is -0.116. The molecule has 0 bridgehead atoms. The molecule has 2 rings (SSSR count). The van der Waals surface area contributed by atoms with E-state index in [1.54, 1.807) is 18.2 Å². The molecule has 0 heterocycles.